The molecule has 0 radical (unpaired) electrons. The van der Waals surface area contributed by atoms with Crippen molar-refractivity contribution < 1.29 is 9.59 Å². The maximum absolute atomic E-state index is 13.9. The summed E-state index contributed by atoms with van der Waals surface area (Å²) in [5, 5.41) is 3.13. The molecular formula is C26H31N3O2. The average molecular weight is 418 g/mol. The molecule has 2 heterocycles. The van der Waals surface area contributed by atoms with E-state index in [-0.39, 0.29) is 23.8 Å². The van der Waals surface area contributed by atoms with Crippen LogP contribution in [0, 0.1) is 6.92 Å². The van der Waals surface area contributed by atoms with Crippen molar-refractivity contribution in [3.05, 3.63) is 59.3 Å². The molecular weight excluding hydrogens is 386 g/mol. The first-order valence-corrected chi connectivity index (χ1v) is 11.8. The van der Waals surface area contributed by atoms with Crippen LogP contribution in [0.4, 0.5) is 5.82 Å². The highest BCUT2D eigenvalue weighted by molar-refractivity contribution is 6.05. The Balaban J connectivity index is 1.63. The molecule has 5 heteroatoms. The van der Waals surface area contributed by atoms with Crippen LogP contribution in [0.5, 0.6) is 0 Å². The number of fused-ring (bicyclic) bond motifs is 1. The van der Waals surface area contributed by atoms with Crippen LogP contribution >= 0.6 is 0 Å². The van der Waals surface area contributed by atoms with Gasteiger partial charge in [-0.25, -0.2) is 4.98 Å². The minimum atomic E-state index is -0.439. The number of rotatable bonds is 3. The van der Waals surface area contributed by atoms with Crippen molar-refractivity contribution in [3.63, 3.8) is 0 Å². The van der Waals surface area contributed by atoms with E-state index in [1.165, 1.54) is 6.42 Å². The van der Waals surface area contributed by atoms with E-state index in [9.17, 15) is 9.59 Å². The molecule has 1 aliphatic heterocycles. The summed E-state index contributed by atoms with van der Waals surface area (Å²) in [5.41, 5.74) is 2.09. The molecule has 2 aromatic rings. The van der Waals surface area contributed by atoms with Crippen LogP contribution in [0.25, 0.3) is 0 Å². The van der Waals surface area contributed by atoms with Crippen LogP contribution in [0.3, 0.4) is 0 Å². The van der Waals surface area contributed by atoms with Crippen molar-refractivity contribution >= 4 is 17.6 Å². The van der Waals surface area contributed by atoms with Crippen molar-refractivity contribution in [1.82, 2.24) is 9.88 Å². The number of nitrogens with one attached hydrogen (secondary N) is 1. The fourth-order valence-electron chi connectivity index (χ4n) is 6.28. The van der Waals surface area contributed by atoms with Gasteiger partial charge in [-0.1, -0.05) is 56.4 Å². The van der Waals surface area contributed by atoms with Gasteiger partial charge in [0, 0.05) is 17.8 Å². The van der Waals surface area contributed by atoms with Gasteiger partial charge in [0.2, 0.25) is 5.91 Å². The molecule has 0 bridgehead atoms. The molecule has 2 saturated carbocycles. The summed E-state index contributed by atoms with van der Waals surface area (Å²) in [7, 11) is 0. The fourth-order valence-corrected chi connectivity index (χ4v) is 6.28. The van der Waals surface area contributed by atoms with Gasteiger partial charge in [-0.2, -0.15) is 0 Å². The molecule has 1 aromatic heterocycles. The van der Waals surface area contributed by atoms with Gasteiger partial charge in [0.05, 0.1) is 11.5 Å². The van der Waals surface area contributed by atoms with E-state index in [0.29, 0.717) is 11.4 Å². The normalized spacial score (nSPS) is 23.1. The maximum Gasteiger partial charge on any atom is 0.254 e. The summed E-state index contributed by atoms with van der Waals surface area (Å²) in [6.07, 6.45) is 11.2. The van der Waals surface area contributed by atoms with Crippen molar-refractivity contribution in [1.29, 1.82) is 0 Å². The van der Waals surface area contributed by atoms with Crippen LogP contribution in [0.1, 0.15) is 85.2 Å². The first-order chi connectivity index (χ1) is 15.1. The second-order valence-corrected chi connectivity index (χ2v) is 9.46. The van der Waals surface area contributed by atoms with Gasteiger partial charge >= 0.3 is 0 Å². The van der Waals surface area contributed by atoms with E-state index < -0.39 is 5.54 Å². The van der Waals surface area contributed by atoms with E-state index >= 15 is 0 Å². The molecule has 0 saturated heterocycles. The molecule has 1 atom stereocenters. The Bertz CT molecular complexity index is 990. The Labute approximate surface area is 184 Å². The van der Waals surface area contributed by atoms with Crippen molar-refractivity contribution in [2.45, 2.75) is 82.2 Å². The minimum Gasteiger partial charge on any atom is -0.329 e. The molecule has 3 aliphatic rings. The van der Waals surface area contributed by atoms with E-state index in [1.807, 2.05) is 43.3 Å². The molecule has 2 aliphatic carbocycles. The van der Waals surface area contributed by atoms with E-state index in [0.717, 1.165) is 62.5 Å². The van der Waals surface area contributed by atoms with E-state index in [1.54, 1.807) is 6.20 Å². The first-order valence-electron chi connectivity index (χ1n) is 11.8. The summed E-state index contributed by atoms with van der Waals surface area (Å²) >= 11 is 0. The van der Waals surface area contributed by atoms with Crippen LogP contribution in [-0.2, 0) is 4.79 Å². The van der Waals surface area contributed by atoms with Crippen molar-refractivity contribution in [2.75, 3.05) is 5.32 Å². The second kappa shape index (κ2) is 8.10. The summed E-state index contributed by atoms with van der Waals surface area (Å²) in [5.74, 6) is 0.332. The number of aryl methyl sites for hydroxylation is 1. The molecule has 2 fully saturated rings. The lowest BCUT2D eigenvalue weighted by Crippen LogP contribution is -2.64. The highest BCUT2D eigenvalue weighted by Gasteiger charge is 2.56. The Morgan fingerprint density at radius 2 is 1.77 bits per heavy atom. The Hall–Kier alpha value is -2.69. The third kappa shape index (κ3) is 3.35. The van der Waals surface area contributed by atoms with Crippen LogP contribution in [0.2, 0.25) is 0 Å². The number of nitrogens with zero attached hydrogens (tertiary/aromatic N) is 2. The van der Waals surface area contributed by atoms with Gasteiger partial charge in [-0.3, -0.25) is 9.59 Å². The number of amides is 2. The van der Waals surface area contributed by atoms with Gasteiger partial charge in [0.15, 0.2) is 0 Å². The third-order valence-corrected chi connectivity index (χ3v) is 7.66. The Morgan fingerprint density at radius 3 is 2.52 bits per heavy atom. The number of carbonyl (C=O) groups is 2. The molecule has 0 unspecified atom stereocenters. The molecule has 162 valence electrons. The van der Waals surface area contributed by atoms with Crippen LogP contribution in [0.15, 0.2) is 42.6 Å². The highest BCUT2D eigenvalue weighted by Crippen LogP contribution is 2.51. The van der Waals surface area contributed by atoms with Crippen molar-refractivity contribution in [3.8, 4) is 0 Å². The summed E-state index contributed by atoms with van der Waals surface area (Å²) in [6.45, 7) is 1.96. The minimum absolute atomic E-state index is 0.0355. The molecule has 1 aromatic carbocycles. The number of carbonyl (C=O) groups excluding carboxylic acids is 2. The molecule has 2 amide bonds. The molecule has 31 heavy (non-hydrogen) atoms. The Morgan fingerprint density at radius 1 is 1.03 bits per heavy atom. The van der Waals surface area contributed by atoms with Crippen LogP contribution in [-0.4, -0.2) is 33.3 Å². The molecule has 1 spiro atoms. The quantitative estimate of drug-likeness (QED) is 0.745. The van der Waals surface area contributed by atoms with Gasteiger partial charge in [0.1, 0.15) is 5.82 Å². The Kier molecular flexibility index (Phi) is 5.28. The number of pyridine rings is 1. The summed E-state index contributed by atoms with van der Waals surface area (Å²) in [4.78, 5) is 34.4. The fraction of sp³-hybridized carbons (Fsp3) is 0.500. The first kappa shape index (κ1) is 20.2. The number of hydrogen-bond donors (Lipinski definition) is 1. The topological polar surface area (TPSA) is 62.3 Å². The third-order valence-electron chi connectivity index (χ3n) is 7.66. The van der Waals surface area contributed by atoms with Gasteiger partial charge < -0.3 is 10.2 Å². The zero-order valence-corrected chi connectivity index (χ0v) is 18.3. The zero-order valence-electron chi connectivity index (χ0n) is 18.3. The standard InChI is InChI=1S/C26H31N3O2/c1-18-10-9-17-27-23(18)28-24(30)22-20-13-5-6-14-21(20)25(31)29(19-11-3-4-12-19)26(22)15-7-2-8-16-26/h5-6,9-10,13-14,17,19,22H,2-4,7-8,11-12,15-16H2,1H3,(H,27,28,30)/t22-/m0/s1. The monoisotopic (exact) mass is 417 g/mol. The second-order valence-electron chi connectivity index (χ2n) is 9.46. The van der Waals surface area contributed by atoms with Crippen molar-refractivity contribution in [2.24, 2.45) is 0 Å². The van der Waals surface area contributed by atoms with Crippen LogP contribution < -0.4 is 5.32 Å². The summed E-state index contributed by atoms with van der Waals surface area (Å²) < 4.78 is 0. The number of aromatic nitrogens is 1. The lowest BCUT2D eigenvalue weighted by molar-refractivity contribution is -0.123. The zero-order chi connectivity index (χ0) is 21.4. The maximum atomic E-state index is 13.9. The molecule has 5 nitrogen and oxygen atoms in total. The average Bonchev–Trinajstić information content (AvgIpc) is 3.30. The SMILES string of the molecule is Cc1cccnc1NC(=O)[C@@H]1c2ccccc2C(=O)N(C2CCCC2)C12CCCCC2. The smallest absolute Gasteiger partial charge is 0.254 e. The van der Waals surface area contributed by atoms with Gasteiger partial charge in [-0.15, -0.1) is 0 Å². The van der Waals surface area contributed by atoms with Gasteiger partial charge in [0.25, 0.3) is 5.91 Å². The molecule has 5 rings (SSSR count). The predicted octanol–water partition coefficient (Wildman–Crippen LogP) is 5.21. The largest absolute Gasteiger partial charge is 0.329 e. The molecule has 1 N–H and O–H groups in total. The highest BCUT2D eigenvalue weighted by atomic mass is 16.2. The van der Waals surface area contributed by atoms with E-state index in [4.69, 9.17) is 0 Å². The lowest BCUT2D eigenvalue weighted by Gasteiger charge is -2.56. The lowest BCUT2D eigenvalue weighted by atomic mass is 9.64. The summed E-state index contributed by atoms with van der Waals surface area (Å²) in [6, 6.07) is 11.9. The predicted molar refractivity (Wildman–Crippen MR) is 121 cm³/mol. The van der Waals surface area contributed by atoms with Gasteiger partial charge in [-0.05, 0) is 55.9 Å². The number of benzene rings is 1. The van der Waals surface area contributed by atoms with E-state index in [2.05, 4.69) is 15.2 Å². The number of anilines is 1. The number of hydrogen-bond acceptors (Lipinski definition) is 3.